The Morgan fingerprint density at radius 1 is 1.17 bits per heavy atom. The Bertz CT molecular complexity index is 604. The summed E-state index contributed by atoms with van der Waals surface area (Å²) in [5.74, 6) is 0.985. The highest BCUT2D eigenvalue weighted by Gasteiger charge is 2.03. The van der Waals surface area contributed by atoms with Gasteiger partial charge in [-0.05, 0) is 12.1 Å². The fourth-order valence-corrected chi connectivity index (χ4v) is 3.72. The van der Waals surface area contributed by atoms with Crippen LogP contribution in [0.15, 0.2) is 47.2 Å². The summed E-state index contributed by atoms with van der Waals surface area (Å²) in [6.07, 6.45) is 6.18. The van der Waals surface area contributed by atoms with Gasteiger partial charge in [-0.2, -0.15) is 0 Å². The van der Waals surface area contributed by atoms with Gasteiger partial charge in [0.05, 0.1) is 15.9 Å². The lowest BCUT2D eigenvalue weighted by Gasteiger charge is -1.97. The van der Waals surface area contributed by atoms with Gasteiger partial charge >= 0.3 is 0 Å². The van der Waals surface area contributed by atoms with Crippen molar-refractivity contribution in [2.24, 2.45) is 0 Å². The molecular formula is C13H11N3S2. The zero-order valence-corrected chi connectivity index (χ0v) is 11.2. The average Bonchev–Trinajstić information content (AvgIpc) is 2.82. The number of fused-ring (bicyclic) bond motifs is 1. The van der Waals surface area contributed by atoms with Gasteiger partial charge in [-0.3, -0.25) is 9.97 Å². The van der Waals surface area contributed by atoms with E-state index in [2.05, 4.69) is 33.2 Å². The van der Waals surface area contributed by atoms with Crippen LogP contribution < -0.4 is 0 Å². The average molecular weight is 273 g/mol. The summed E-state index contributed by atoms with van der Waals surface area (Å²) in [7, 11) is 0. The minimum absolute atomic E-state index is 0.925. The Morgan fingerprint density at radius 2 is 2.11 bits per heavy atom. The maximum atomic E-state index is 4.59. The summed E-state index contributed by atoms with van der Waals surface area (Å²) in [6, 6.07) is 8.24. The quantitative estimate of drug-likeness (QED) is 0.683. The molecule has 0 unspecified atom stereocenters. The highest BCUT2D eigenvalue weighted by atomic mass is 32.2. The molecule has 2 heterocycles. The van der Waals surface area contributed by atoms with E-state index in [1.54, 1.807) is 35.5 Å². The molecule has 3 rings (SSSR count). The van der Waals surface area contributed by atoms with E-state index in [9.17, 15) is 0 Å². The number of aromatic nitrogens is 3. The third-order valence-corrected chi connectivity index (χ3v) is 4.66. The molecule has 3 nitrogen and oxygen atoms in total. The van der Waals surface area contributed by atoms with Crippen LogP contribution in [0.2, 0.25) is 0 Å². The molecule has 0 spiro atoms. The fraction of sp³-hybridized carbons (Fsp3) is 0.154. The number of hydrogen-bond donors (Lipinski definition) is 0. The molecule has 0 fully saturated rings. The molecule has 18 heavy (non-hydrogen) atoms. The number of thiazole rings is 1. The Morgan fingerprint density at radius 3 is 2.94 bits per heavy atom. The minimum Gasteiger partial charge on any atom is -0.261 e. The van der Waals surface area contributed by atoms with Gasteiger partial charge in [-0.25, -0.2) is 4.98 Å². The van der Waals surface area contributed by atoms with Crippen LogP contribution in [0.1, 0.15) is 5.69 Å². The van der Waals surface area contributed by atoms with Gasteiger partial charge in [0, 0.05) is 30.8 Å². The van der Waals surface area contributed by atoms with Gasteiger partial charge in [0.25, 0.3) is 0 Å². The Kier molecular flexibility index (Phi) is 3.52. The molecule has 2 aromatic heterocycles. The number of nitrogens with zero attached hydrogens (tertiary/aromatic N) is 3. The fourth-order valence-electron chi connectivity index (χ4n) is 1.61. The number of aryl methyl sites for hydroxylation is 1. The first-order valence-electron chi connectivity index (χ1n) is 5.65. The van der Waals surface area contributed by atoms with Gasteiger partial charge in [0.1, 0.15) is 0 Å². The largest absolute Gasteiger partial charge is 0.261 e. The molecule has 0 radical (unpaired) electrons. The summed E-state index contributed by atoms with van der Waals surface area (Å²) in [5.41, 5.74) is 2.12. The van der Waals surface area contributed by atoms with E-state index >= 15 is 0 Å². The van der Waals surface area contributed by atoms with E-state index in [0.717, 1.165) is 27.7 Å². The van der Waals surface area contributed by atoms with Crippen LogP contribution in [0.3, 0.4) is 0 Å². The first-order chi connectivity index (χ1) is 8.92. The summed E-state index contributed by atoms with van der Waals surface area (Å²) in [6.45, 7) is 0. The molecule has 0 amide bonds. The molecule has 3 aromatic rings. The van der Waals surface area contributed by atoms with Crippen LogP contribution in [-0.2, 0) is 6.42 Å². The standard InChI is InChI=1S/C13H11N3S2/c1-2-4-12-11(3-1)16-13(18-12)17-8-5-10-9-14-6-7-15-10/h1-4,6-7,9H,5,8H2. The SMILES string of the molecule is c1ccc2sc(SCCc3cnccn3)nc2c1. The molecule has 0 aliphatic heterocycles. The molecule has 0 saturated heterocycles. The summed E-state index contributed by atoms with van der Waals surface area (Å²) < 4.78 is 2.37. The lowest BCUT2D eigenvalue weighted by Crippen LogP contribution is -1.92. The van der Waals surface area contributed by atoms with E-state index in [0.29, 0.717) is 0 Å². The van der Waals surface area contributed by atoms with Crippen LogP contribution in [0.25, 0.3) is 10.2 Å². The minimum atomic E-state index is 0.925. The molecule has 5 heteroatoms. The molecule has 0 N–H and O–H groups in total. The maximum Gasteiger partial charge on any atom is 0.151 e. The van der Waals surface area contributed by atoms with Gasteiger partial charge in [0.15, 0.2) is 4.34 Å². The number of thioether (sulfide) groups is 1. The summed E-state index contributed by atoms with van der Waals surface area (Å²) in [5, 5.41) is 0. The first-order valence-corrected chi connectivity index (χ1v) is 7.45. The first kappa shape index (κ1) is 11.6. The van der Waals surface area contributed by atoms with E-state index in [1.165, 1.54) is 4.70 Å². The van der Waals surface area contributed by atoms with Crippen molar-refractivity contribution in [2.45, 2.75) is 10.8 Å². The monoisotopic (exact) mass is 273 g/mol. The van der Waals surface area contributed by atoms with Gasteiger partial charge in [-0.1, -0.05) is 23.9 Å². The van der Waals surface area contributed by atoms with E-state index in [4.69, 9.17) is 0 Å². The second kappa shape index (κ2) is 5.46. The van der Waals surface area contributed by atoms with Crippen LogP contribution in [0.4, 0.5) is 0 Å². The van der Waals surface area contributed by atoms with Gasteiger partial charge in [0.2, 0.25) is 0 Å². The van der Waals surface area contributed by atoms with Crippen molar-refractivity contribution in [3.63, 3.8) is 0 Å². The molecular weight excluding hydrogens is 262 g/mol. The van der Waals surface area contributed by atoms with Crippen molar-refractivity contribution in [3.05, 3.63) is 48.5 Å². The van der Waals surface area contributed by atoms with E-state index in [1.807, 2.05) is 12.3 Å². The number of benzene rings is 1. The molecule has 0 bridgehead atoms. The third kappa shape index (κ3) is 2.68. The number of rotatable bonds is 4. The lowest BCUT2D eigenvalue weighted by molar-refractivity contribution is 1.01. The molecule has 0 saturated carbocycles. The van der Waals surface area contributed by atoms with Gasteiger partial charge in [-0.15, -0.1) is 11.3 Å². The summed E-state index contributed by atoms with van der Waals surface area (Å²) >= 11 is 3.53. The van der Waals surface area contributed by atoms with Crippen molar-refractivity contribution in [2.75, 3.05) is 5.75 Å². The van der Waals surface area contributed by atoms with Crippen molar-refractivity contribution < 1.29 is 0 Å². The van der Waals surface area contributed by atoms with Crippen LogP contribution in [0, 0.1) is 0 Å². The molecule has 90 valence electrons. The molecule has 0 aliphatic carbocycles. The normalized spacial score (nSPS) is 10.9. The Balaban J connectivity index is 1.63. The Hall–Kier alpha value is -1.46. The molecule has 0 aliphatic rings. The smallest absolute Gasteiger partial charge is 0.151 e. The van der Waals surface area contributed by atoms with Crippen molar-refractivity contribution in [1.29, 1.82) is 0 Å². The zero-order chi connectivity index (χ0) is 12.2. The Labute approximate surface area is 113 Å². The number of hydrogen-bond acceptors (Lipinski definition) is 5. The highest BCUT2D eigenvalue weighted by molar-refractivity contribution is 8.01. The van der Waals surface area contributed by atoms with Gasteiger partial charge < -0.3 is 0 Å². The van der Waals surface area contributed by atoms with Crippen molar-refractivity contribution >= 4 is 33.3 Å². The topological polar surface area (TPSA) is 38.7 Å². The predicted molar refractivity (Wildman–Crippen MR) is 76.1 cm³/mol. The second-order valence-electron chi connectivity index (χ2n) is 3.74. The molecule has 1 aromatic carbocycles. The van der Waals surface area contributed by atoms with Crippen molar-refractivity contribution in [1.82, 2.24) is 15.0 Å². The summed E-state index contributed by atoms with van der Waals surface area (Å²) in [4.78, 5) is 12.9. The highest BCUT2D eigenvalue weighted by Crippen LogP contribution is 2.29. The van der Waals surface area contributed by atoms with Crippen LogP contribution in [0.5, 0.6) is 0 Å². The van der Waals surface area contributed by atoms with E-state index in [-0.39, 0.29) is 0 Å². The predicted octanol–water partition coefficient (Wildman–Crippen LogP) is 3.42. The number of para-hydroxylation sites is 1. The van der Waals surface area contributed by atoms with Crippen LogP contribution >= 0.6 is 23.1 Å². The lowest BCUT2D eigenvalue weighted by atomic mass is 10.3. The maximum absolute atomic E-state index is 4.59. The zero-order valence-electron chi connectivity index (χ0n) is 9.61. The second-order valence-corrected chi connectivity index (χ2v) is 6.12. The third-order valence-electron chi connectivity index (χ3n) is 2.47. The van der Waals surface area contributed by atoms with Crippen molar-refractivity contribution in [3.8, 4) is 0 Å². The molecule has 0 atom stereocenters. The van der Waals surface area contributed by atoms with E-state index < -0.39 is 0 Å². The van der Waals surface area contributed by atoms with Crippen LogP contribution in [-0.4, -0.2) is 20.7 Å².